The van der Waals surface area contributed by atoms with Crippen molar-refractivity contribution in [2.24, 2.45) is 0 Å². The van der Waals surface area contributed by atoms with Crippen molar-refractivity contribution in [2.75, 3.05) is 0 Å². The third kappa shape index (κ3) is 5.96. The Morgan fingerprint density at radius 1 is 0.931 bits per heavy atom. The van der Waals surface area contributed by atoms with E-state index < -0.39 is 11.9 Å². The van der Waals surface area contributed by atoms with Crippen LogP contribution in [0.25, 0.3) is 6.08 Å². The number of ether oxygens (including phenoxy) is 1. The van der Waals surface area contributed by atoms with Gasteiger partial charge in [-0.25, -0.2) is 4.79 Å². The number of carboxylic acids is 1. The molecule has 0 saturated carbocycles. The van der Waals surface area contributed by atoms with Gasteiger partial charge < -0.3 is 15.2 Å². The predicted molar refractivity (Wildman–Crippen MR) is 112 cm³/mol. The number of benzene rings is 3. The average Bonchev–Trinajstić information content (AvgIpc) is 2.74. The summed E-state index contributed by atoms with van der Waals surface area (Å²) >= 11 is 5.86. The molecule has 3 rings (SSSR count). The minimum Gasteiger partial charge on any atom is -0.489 e. The van der Waals surface area contributed by atoms with E-state index in [1.54, 1.807) is 66.7 Å². The van der Waals surface area contributed by atoms with Crippen LogP contribution >= 0.6 is 11.6 Å². The molecule has 0 bridgehead atoms. The molecule has 0 atom stereocenters. The summed E-state index contributed by atoms with van der Waals surface area (Å²) in [7, 11) is 0. The molecule has 29 heavy (non-hydrogen) atoms. The van der Waals surface area contributed by atoms with Gasteiger partial charge in [0.15, 0.2) is 0 Å². The maximum atomic E-state index is 12.2. The van der Waals surface area contributed by atoms with E-state index in [2.05, 4.69) is 5.32 Å². The average molecular weight is 408 g/mol. The predicted octanol–water partition coefficient (Wildman–Crippen LogP) is 4.77. The first kappa shape index (κ1) is 20.2. The van der Waals surface area contributed by atoms with E-state index in [-0.39, 0.29) is 5.70 Å². The Morgan fingerprint density at radius 3 is 2.21 bits per heavy atom. The number of carbonyl (C=O) groups excluding carboxylic acids is 1. The second-order valence-corrected chi connectivity index (χ2v) is 6.60. The summed E-state index contributed by atoms with van der Waals surface area (Å²) in [6.45, 7) is 0.389. The van der Waals surface area contributed by atoms with Gasteiger partial charge in [-0.2, -0.15) is 0 Å². The highest BCUT2D eigenvalue weighted by molar-refractivity contribution is 6.30. The minimum absolute atomic E-state index is 0.214. The third-order valence-electron chi connectivity index (χ3n) is 4.02. The van der Waals surface area contributed by atoms with Gasteiger partial charge in [0.1, 0.15) is 18.1 Å². The maximum Gasteiger partial charge on any atom is 0.352 e. The molecule has 3 aromatic carbocycles. The highest BCUT2D eigenvalue weighted by Crippen LogP contribution is 2.17. The minimum atomic E-state index is -1.22. The zero-order valence-electron chi connectivity index (χ0n) is 15.3. The Morgan fingerprint density at radius 2 is 1.59 bits per heavy atom. The Kier molecular flexibility index (Phi) is 6.66. The molecule has 6 heteroatoms. The van der Waals surface area contributed by atoms with Gasteiger partial charge in [-0.05, 0) is 53.6 Å². The van der Waals surface area contributed by atoms with Gasteiger partial charge in [-0.15, -0.1) is 0 Å². The zero-order chi connectivity index (χ0) is 20.6. The number of aliphatic carboxylic acids is 1. The largest absolute Gasteiger partial charge is 0.489 e. The summed E-state index contributed by atoms with van der Waals surface area (Å²) in [6, 6.07) is 22.7. The second kappa shape index (κ2) is 9.57. The number of hydrogen-bond acceptors (Lipinski definition) is 3. The molecule has 0 radical (unpaired) electrons. The van der Waals surface area contributed by atoms with E-state index in [9.17, 15) is 14.7 Å². The van der Waals surface area contributed by atoms with Crippen LogP contribution in [0.4, 0.5) is 0 Å². The molecule has 0 aliphatic carbocycles. The van der Waals surface area contributed by atoms with Gasteiger partial charge in [0.05, 0.1) is 0 Å². The fourth-order valence-electron chi connectivity index (χ4n) is 2.51. The number of hydrogen-bond donors (Lipinski definition) is 2. The van der Waals surface area contributed by atoms with Crippen LogP contribution < -0.4 is 10.1 Å². The molecule has 0 aliphatic heterocycles. The highest BCUT2D eigenvalue weighted by atomic mass is 35.5. The van der Waals surface area contributed by atoms with E-state index in [0.717, 1.165) is 5.56 Å². The van der Waals surface area contributed by atoms with Crippen LogP contribution in [0.2, 0.25) is 5.02 Å². The topological polar surface area (TPSA) is 75.6 Å². The summed E-state index contributed by atoms with van der Waals surface area (Å²) in [4.78, 5) is 23.7. The first-order valence-corrected chi connectivity index (χ1v) is 9.18. The standard InChI is InChI=1S/C23H18ClNO4/c24-19-10-6-17(7-11-19)15-29-20-12-8-16(9-13-20)14-21(23(27)28)25-22(26)18-4-2-1-3-5-18/h1-14H,15H2,(H,25,26)(H,27,28)/b21-14+. The summed E-state index contributed by atoms with van der Waals surface area (Å²) in [6.07, 6.45) is 1.39. The van der Waals surface area contributed by atoms with Crippen molar-refractivity contribution in [1.82, 2.24) is 5.32 Å². The van der Waals surface area contributed by atoms with E-state index in [4.69, 9.17) is 16.3 Å². The summed E-state index contributed by atoms with van der Waals surface area (Å²) < 4.78 is 5.71. The van der Waals surface area contributed by atoms with E-state index in [1.807, 2.05) is 12.1 Å². The lowest BCUT2D eigenvalue weighted by Crippen LogP contribution is -2.27. The van der Waals surface area contributed by atoms with Crippen LogP contribution in [0, 0.1) is 0 Å². The van der Waals surface area contributed by atoms with Crippen LogP contribution in [0.3, 0.4) is 0 Å². The van der Waals surface area contributed by atoms with E-state index in [1.165, 1.54) is 6.08 Å². The Bertz CT molecular complexity index is 1010. The van der Waals surface area contributed by atoms with Crippen molar-refractivity contribution >= 4 is 29.6 Å². The number of halogens is 1. The number of carbonyl (C=O) groups is 2. The molecule has 0 unspecified atom stereocenters. The molecule has 0 saturated heterocycles. The normalized spacial score (nSPS) is 11.0. The Balaban J connectivity index is 1.66. The molecule has 1 amide bonds. The van der Waals surface area contributed by atoms with Crippen LogP contribution in [0.1, 0.15) is 21.5 Å². The van der Waals surface area contributed by atoms with Gasteiger partial charge in [-0.3, -0.25) is 4.79 Å². The SMILES string of the molecule is O=C(O)/C(=C\c1ccc(OCc2ccc(Cl)cc2)cc1)NC(=O)c1ccccc1. The van der Waals surface area contributed by atoms with E-state index >= 15 is 0 Å². The van der Waals surface area contributed by atoms with Crippen LogP contribution in [-0.2, 0) is 11.4 Å². The van der Waals surface area contributed by atoms with Gasteiger partial charge in [0.2, 0.25) is 0 Å². The second-order valence-electron chi connectivity index (χ2n) is 6.17. The first-order chi connectivity index (χ1) is 14.0. The molecule has 5 nitrogen and oxygen atoms in total. The van der Waals surface area contributed by atoms with Crippen LogP contribution in [0.5, 0.6) is 5.75 Å². The maximum absolute atomic E-state index is 12.2. The quantitative estimate of drug-likeness (QED) is 0.553. The summed E-state index contributed by atoms with van der Waals surface area (Å²) in [5.74, 6) is -1.07. The van der Waals surface area contributed by atoms with Gasteiger partial charge in [0.25, 0.3) is 5.91 Å². The van der Waals surface area contributed by atoms with Crippen molar-refractivity contribution < 1.29 is 19.4 Å². The molecule has 0 fully saturated rings. The lowest BCUT2D eigenvalue weighted by molar-refractivity contribution is -0.132. The Hall–Kier alpha value is -3.57. The van der Waals surface area contributed by atoms with Gasteiger partial charge in [0, 0.05) is 10.6 Å². The molecule has 3 aromatic rings. The third-order valence-corrected chi connectivity index (χ3v) is 4.28. The van der Waals surface area contributed by atoms with Crippen molar-refractivity contribution in [3.05, 3.63) is 106 Å². The van der Waals surface area contributed by atoms with Crippen molar-refractivity contribution in [2.45, 2.75) is 6.61 Å². The summed E-state index contributed by atoms with van der Waals surface area (Å²) in [5, 5.41) is 12.5. The molecular formula is C23H18ClNO4. The molecule has 0 heterocycles. The molecule has 0 aliphatic rings. The molecule has 2 N–H and O–H groups in total. The lowest BCUT2D eigenvalue weighted by atomic mass is 10.1. The molecule has 0 spiro atoms. The van der Waals surface area contributed by atoms with Crippen molar-refractivity contribution in [3.63, 3.8) is 0 Å². The van der Waals surface area contributed by atoms with Gasteiger partial charge in [-0.1, -0.05) is 54.1 Å². The smallest absolute Gasteiger partial charge is 0.352 e. The summed E-state index contributed by atoms with van der Waals surface area (Å²) in [5.41, 5.74) is 1.77. The van der Waals surface area contributed by atoms with Crippen LogP contribution in [0.15, 0.2) is 84.6 Å². The fraction of sp³-hybridized carbons (Fsp3) is 0.0435. The van der Waals surface area contributed by atoms with Crippen molar-refractivity contribution in [3.8, 4) is 5.75 Å². The fourth-order valence-corrected chi connectivity index (χ4v) is 2.64. The first-order valence-electron chi connectivity index (χ1n) is 8.80. The monoisotopic (exact) mass is 407 g/mol. The number of amides is 1. The zero-order valence-corrected chi connectivity index (χ0v) is 16.1. The number of rotatable bonds is 7. The molecule has 0 aromatic heterocycles. The van der Waals surface area contributed by atoms with Gasteiger partial charge >= 0.3 is 5.97 Å². The number of nitrogens with one attached hydrogen (secondary N) is 1. The molecule has 146 valence electrons. The highest BCUT2D eigenvalue weighted by Gasteiger charge is 2.13. The van der Waals surface area contributed by atoms with Crippen LogP contribution in [-0.4, -0.2) is 17.0 Å². The molecular weight excluding hydrogens is 390 g/mol. The van der Waals surface area contributed by atoms with E-state index in [0.29, 0.717) is 28.5 Å². The Labute approximate surface area is 173 Å². The van der Waals surface area contributed by atoms with Crippen molar-refractivity contribution in [1.29, 1.82) is 0 Å². The lowest BCUT2D eigenvalue weighted by Gasteiger charge is -2.08. The number of carboxylic acid groups (broad SMARTS) is 1.